The number of rotatable bonds is 5. The van der Waals surface area contributed by atoms with E-state index in [0.29, 0.717) is 17.0 Å². The molecule has 0 spiro atoms. The minimum atomic E-state index is -0.149. The maximum Gasteiger partial charge on any atom is 0.264 e. The standard InChI is InChI=1S/C19H24N2O4/c1-21-15-11-13(7-9-17(15)25-12-19(21)24)16(22)8-10-18(23)20-14-5-3-2-4-6-14/h7,9,11,14H,2-6,8,10,12H2,1H3,(H,20,23). The van der Waals surface area contributed by atoms with E-state index in [1.807, 2.05) is 0 Å². The molecule has 1 aromatic carbocycles. The second-order valence-corrected chi connectivity index (χ2v) is 6.75. The lowest BCUT2D eigenvalue weighted by molar-refractivity contribution is -0.122. The molecule has 0 saturated heterocycles. The fourth-order valence-corrected chi connectivity index (χ4v) is 3.36. The van der Waals surface area contributed by atoms with Crippen molar-refractivity contribution in [3.8, 4) is 5.75 Å². The lowest BCUT2D eigenvalue weighted by Crippen LogP contribution is -2.36. The first kappa shape index (κ1) is 17.5. The number of anilines is 1. The largest absolute Gasteiger partial charge is 0.482 e. The first-order chi connectivity index (χ1) is 12.0. The van der Waals surface area contributed by atoms with Gasteiger partial charge in [0, 0.05) is 31.5 Å². The van der Waals surface area contributed by atoms with E-state index in [2.05, 4.69) is 5.32 Å². The molecule has 1 N–H and O–H groups in total. The summed E-state index contributed by atoms with van der Waals surface area (Å²) in [5.74, 6) is 0.277. The van der Waals surface area contributed by atoms with Crippen molar-refractivity contribution in [3.63, 3.8) is 0 Å². The summed E-state index contributed by atoms with van der Waals surface area (Å²) >= 11 is 0. The summed E-state index contributed by atoms with van der Waals surface area (Å²) in [4.78, 5) is 37.6. The van der Waals surface area contributed by atoms with Gasteiger partial charge in [-0.3, -0.25) is 14.4 Å². The average Bonchev–Trinajstić information content (AvgIpc) is 2.63. The van der Waals surface area contributed by atoms with Crippen molar-refractivity contribution in [1.82, 2.24) is 5.32 Å². The number of likely N-dealkylation sites (N-methyl/N-ethyl adjacent to an activating group) is 1. The van der Waals surface area contributed by atoms with E-state index in [9.17, 15) is 14.4 Å². The number of ketones is 1. The number of benzene rings is 1. The number of carbonyl (C=O) groups is 3. The van der Waals surface area contributed by atoms with Crippen LogP contribution in [0.25, 0.3) is 0 Å². The third-order valence-corrected chi connectivity index (χ3v) is 4.92. The molecular formula is C19H24N2O4. The van der Waals surface area contributed by atoms with Crippen LogP contribution in [-0.4, -0.2) is 37.3 Å². The number of ether oxygens (including phenoxy) is 1. The quantitative estimate of drug-likeness (QED) is 0.833. The summed E-state index contributed by atoms with van der Waals surface area (Å²) in [5.41, 5.74) is 1.09. The number of fused-ring (bicyclic) bond motifs is 1. The summed E-state index contributed by atoms with van der Waals surface area (Å²) < 4.78 is 5.36. The molecule has 1 saturated carbocycles. The van der Waals surface area contributed by atoms with Gasteiger partial charge in [-0.2, -0.15) is 0 Å². The highest BCUT2D eigenvalue weighted by atomic mass is 16.5. The lowest BCUT2D eigenvalue weighted by Gasteiger charge is -2.26. The fraction of sp³-hybridized carbons (Fsp3) is 0.526. The van der Waals surface area contributed by atoms with Gasteiger partial charge in [0.25, 0.3) is 5.91 Å². The van der Waals surface area contributed by atoms with Crippen LogP contribution in [0, 0.1) is 0 Å². The Balaban J connectivity index is 1.56. The van der Waals surface area contributed by atoms with Crippen LogP contribution in [0.5, 0.6) is 5.75 Å². The molecule has 1 aromatic rings. The summed E-state index contributed by atoms with van der Waals surface area (Å²) in [7, 11) is 1.66. The molecule has 1 fully saturated rings. The van der Waals surface area contributed by atoms with E-state index in [1.165, 1.54) is 11.3 Å². The van der Waals surface area contributed by atoms with Gasteiger partial charge in [-0.05, 0) is 31.0 Å². The zero-order valence-electron chi connectivity index (χ0n) is 14.5. The highest BCUT2D eigenvalue weighted by Crippen LogP contribution is 2.32. The Morgan fingerprint density at radius 3 is 2.72 bits per heavy atom. The van der Waals surface area contributed by atoms with E-state index >= 15 is 0 Å². The maximum absolute atomic E-state index is 12.4. The Bertz CT molecular complexity index is 680. The highest BCUT2D eigenvalue weighted by molar-refractivity contribution is 6.02. The summed E-state index contributed by atoms with van der Waals surface area (Å²) in [5, 5.41) is 3.02. The average molecular weight is 344 g/mol. The monoisotopic (exact) mass is 344 g/mol. The van der Waals surface area contributed by atoms with E-state index in [0.717, 1.165) is 25.7 Å². The molecule has 0 bridgehead atoms. The van der Waals surface area contributed by atoms with Crippen molar-refractivity contribution in [2.45, 2.75) is 51.0 Å². The first-order valence-electron chi connectivity index (χ1n) is 8.90. The third kappa shape index (κ3) is 4.18. The summed E-state index contributed by atoms with van der Waals surface area (Å²) in [6.07, 6.45) is 5.98. The number of carbonyl (C=O) groups excluding carboxylic acids is 3. The van der Waals surface area contributed by atoms with Crippen molar-refractivity contribution < 1.29 is 19.1 Å². The summed E-state index contributed by atoms with van der Waals surface area (Å²) in [6, 6.07) is 5.31. The normalized spacial score (nSPS) is 17.6. The molecule has 6 heteroatoms. The van der Waals surface area contributed by atoms with Gasteiger partial charge in [0.15, 0.2) is 12.4 Å². The van der Waals surface area contributed by atoms with E-state index < -0.39 is 0 Å². The van der Waals surface area contributed by atoms with Gasteiger partial charge >= 0.3 is 0 Å². The third-order valence-electron chi connectivity index (χ3n) is 4.92. The van der Waals surface area contributed by atoms with Crippen LogP contribution in [0.2, 0.25) is 0 Å². The molecule has 1 aliphatic heterocycles. The molecule has 1 aliphatic carbocycles. The number of hydrogen-bond donors (Lipinski definition) is 1. The minimum Gasteiger partial charge on any atom is -0.482 e. The van der Waals surface area contributed by atoms with Gasteiger partial charge in [-0.1, -0.05) is 19.3 Å². The van der Waals surface area contributed by atoms with Crippen molar-refractivity contribution in [3.05, 3.63) is 23.8 Å². The Morgan fingerprint density at radius 1 is 1.20 bits per heavy atom. The maximum atomic E-state index is 12.4. The molecule has 0 atom stereocenters. The zero-order valence-corrected chi connectivity index (χ0v) is 14.5. The highest BCUT2D eigenvalue weighted by Gasteiger charge is 2.23. The minimum absolute atomic E-state index is 0.0120. The molecule has 3 rings (SSSR count). The molecule has 0 unspecified atom stereocenters. The van der Waals surface area contributed by atoms with Crippen LogP contribution in [-0.2, 0) is 9.59 Å². The Labute approximate surface area is 147 Å². The second kappa shape index (κ2) is 7.68. The molecule has 134 valence electrons. The predicted octanol–water partition coefficient (Wildman–Crippen LogP) is 2.45. The molecule has 2 aliphatic rings. The van der Waals surface area contributed by atoms with Gasteiger partial charge < -0.3 is 15.0 Å². The Kier molecular flexibility index (Phi) is 5.36. The van der Waals surface area contributed by atoms with Crippen molar-refractivity contribution in [1.29, 1.82) is 0 Å². The van der Waals surface area contributed by atoms with Gasteiger partial charge in [0.1, 0.15) is 5.75 Å². The van der Waals surface area contributed by atoms with Crippen molar-refractivity contribution in [2.24, 2.45) is 0 Å². The van der Waals surface area contributed by atoms with Gasteiger partial charge in [-0.25, -0.2) is 0 Å². The topological polar surface area (TPSA) is 75.7 Å². The van der Waals surface area contributed by atoms with Crippen LogP contribution in [0.15, 0.2) is 18.2 Å². The zero-order chi connectivity index (χ0) is 17.8. The number of hydrogen-bond acceptors (Lipinski definition) is 4. The number of nitrogens with one attached hydrogen (secondary N) is 1. The van der Waals surface area contributed by atoms with Crippen LogP contribution in [0.3, 0.4) is 0 Å². The van der Waals surface area contributed by atoms with E-state index in [4.69, 9.17) is 4.74 Å². The SMILES string of the molecule is CN1C(=O)COc2ccc(C(=O)CCC(=O)NC3CCCCC3)cc21. The second-order valence-electron chi connectivity index (χ2n) is 6.75. The van der Waals surface area contributed by atoms with Crippen LogP contribution in [0.4, 0.5) is 5.69 Å². The number of amides is 2. The predicted molar refractivity (Wildman–Crippen MR) is 93.9 cm³/mol. The van der Waals surface area contributed by atoms with Crippen molar-refractivity contribution >= 4 is 23.3 Å². The number of Topliss-reactive ketones (excluding diaryl/α,β-unsaturated/α-hetero) is 1. The first-order valence-corrected chi connectivity index (χ1v) is 8.90. The van der Waals surface area contributed by atoms with Gasteiger partial charge in [-0.15, -0.1) is 0 Å². The molecule has 0 aromatic heterocycles. The molecule has 2 amide bonds. The molecule has 25 heavy (non-hydrogen) atoms. The van der Waals surface area contributed by atoms with Crippen LogP contribution in [0.1, 0.15) is 55.3 Å². The fourth-order valence-electron chi connectivity index (χ4n) is 3.36. The number of nitrogens with zero attached hydrogens (tertiary/aromatic N) is 1. The Morgan fingerprint density at radius 2 is 1.96 bits per heavy atom. The molecular weight excluding hydrogens is 320 g/mol. The van der Waals surface area contributed by atoms with Gasteiger partial charge in [0.2, 0.25) is 5.91 Å². The van der Waals surface area contributed by atoms with E-state index in [-0.39, 0.29) is 43.1 Å². The molecule has 1 heterocycles. The van der Waals surface area contributed by atoms with Crippen molar-refractivity contribution in [2.75, 3.05) is 18.6 Å². The van der Waals surface area contributed by atoms with Crippen LogP contribution < -0.4 is 15.0 Å². The smallest absolute Gasteiger partial charge is 0.264 e. The molecule has 0 radical (unpaired) electrons. The lowest BCUT2D eigenvalue weighted by atomic mass is 9.95. The molecule has 6 nitrogen and oxygen atoms in total. The Hall–Kier alpha value is -2.37. The van der Waals surface area contributed by atoms with E-state index in [1.54, 1.807) is 25.2 Å². The van der Waals surface area contributed by atoms with Gasteiger partial charge in [0.05, 0.1) is 5.69 Å². The van der Waals surface area contributed by atoms with Crippen LogP contribution >= 0.6 is 0 Å². The summed E-state index contributed by atoms with van der Waals surface area (Å²) in [6.45, 7) is 0.0120.